The molecule has 18 heavy (non-hydrogen) atoms. The van der Waals surface area contributed by atoms with Crippen LogP contribution in [0.2, 0.25) is 5.02 Å². The van der Waals surface area contributed by atoms with Crippen LogP contribution < -0.4 is 4.90 Å². The summed E-state index contributed by atoms with van der Waals surface area (Å²) in [4.78, 5) is 13.8. The number of benzene rings is 1. The minimum Gasteiger partial charge on any atom is -0.369 e. The van der Waals surface area contributed by atoms with Gasteiger partial charge in [0.25, 0.3) is 0 Å². The van der Waals surface area contributed by atoms with Crippen LogP contribution >= 0.6 is 11.6 Å². The van der Waals surface area contributed by atoms with Crippen molar-refractivity contribution in [3.05, 3.63) is 28.8 Å². The fourth-order valence-corrected chi connectivity index (χ4v) is 2.92. The predicted molar refractivity (Wildman–Crippen MR) is 76.7 cm³/mol. The van der Waals surface area contributed by atoms with Gasteiger partial charge in [0.1, 0.15) is 0 Å². The van der Waals surface area contributed by atoms with Gasteiger partial charge in [0.2, 0.25) is 0 Å². The van der Waals surface area contributed by atoms with E-state index in [0.29, 0.717) is 22.5 Å². The van der Waals surface area contributed by atoms with E-state index in [0.717, 1.165) is 12.2 Å². The molecule has 1 heterocycles. The first-order valence-electron chi connectivity index (χ1n) is 6.56. The van der Waals surface area contributed by atoms with Gasteiger partial charge in [-0.2, -0.15) is 0 Å². The van der Waals surface area contributed by atoms with Crippen LogP contribution in [0.15, 0.2) is 18.2 Å². The van der Waals surface area contributed by atoms with Crippen LogP contribution in [0.1, 0.15) is 44.0 Å². The Kier molecular flexibility index (Phi) is 3.96. The van der Waals surface area contributed by atoms with E-state index in [2.05, 4.69) is 18.7 Å². The lowest BCUT2D eigenvalue weighted by Crippen LogP contribution is -2.41. The maximum atomic E-state index is 11.4. The molecule has 1 aliphatic heterocycles. The molecule has 1 saturated heterocycles. The van der Waals surface area contributed by atoms with Crippen LogP contribution in [-0.4, -0.2) is 18.4 Å². The van der Waals surface area contributed by atoms with E-state index in [-0.39, 0.29) is 5.78 Å². The Morgan fingerprint density at radius 1 is 1.33 bits per heavy atom. The van der Waals surface area contributed by atoms with E-state index in [1.54, 1.807) is 6.92 Å². The Labute approximate surface area is 114 Å². The fourth-order valence-electron chi connectivity index (χ4n) is 2.62. The quantitative estimate of drug-likeness (QED) is 0.748. The highest BCUT2D eigenvalue weighted by Gasteiger charge is 2.23. The molecule has 0 saturated carbocycles. The van der Waals surface area contributed by atoms with Crippen molar-refractivity contribution in [1.82, 2.24) is 0 Å². The SMILES string of the molecule is CC(=O)c1ccc(N2CC(C)CCC2C)cc1Cl. The molecule has 2 rings (SSSR count). The number of carbonyl (C=O) groups excluding carboxylic acids is 1. The molecule has 0 aliphatic carbocycles. The van der Waals surface area contributed by atoms with Crippen molar-refractivity contribution >= 4 is 23.1 Å². The lowest BCUT2D eigenvalue weighted by molar-refractivity contribution is 0.101. The van der Waals surface area contributed by atoms with Gasteiger partial charge in [-0.15, -0.1) is 0 Å². The molecule has 0 spiro atoms. The maximum absolute atomic E-state index is 11.4. The summed E-state index contributed by atoms with van der Waals surface area (Å²) in [6.07, 6.45) is 2.50. The Balaban J connectivity index is 2.28. The molecule has 1 aromatic carbocycles. The van der Waals surface area contributed by atoms with Crippen LogP contribution in [-0.2, 0) is 0 Å². The lowest BCUT2D eigenvalue weighted by Gasteiger charge is -2.38. The van der Waals surface area contributed by atoms with Gasteiger partial charge in [-0.3, -0.25) is 4.79 Å². The number of anilines is 1. The van der Waals surface area contributed by atoms with Gasteiger partial charge in [-0.1, -0.05) is 18.5 Å². The van der Waals surface area contributed by atoms with Crippen molar-refractivity contribution < 1.29 is 4.79 Å². The maximum Gasteiger partial charge on any atom is 0.161 e. The number of nitrogens with zero attached hydrogens (tertiary/aromatic N) is 1. The number of ketones is 1. The van der Waals surface area contributed by atoms with Crippen molar-refractivity contribution in [2.75, 3.05) is 11.4 Å². The summed E-state index contributed by atoms with van der Waals surface area (Å²) in [5, 5.41) is 0.561. The number of halogens is 1. The zero-order valence-electron chi connectivity index (χ0n) is 11.2. The summed E-state index contributed by atoms with van der Waals surface area (Å²) >= 11 is 6.18. The zero-order valence-corrected chi connectivity index (χ0v) is 12.0. The van der Waals surface area contributed by atoms with E-state index in [4.69, 9.17) is 11.6 Å². The van der Waals surface area contributed by atoms with E-state index in [9.17, 15) is 4.79 Å². The molecule has 3 heteroatoms. The molecule has 2 unspecified atom stereocenters. The molecule has 1 aromatic rings. The van der Waals surface area contributed by atoms with Gasteiger partial charge in [-0.05, 0) is 50.8 Å². The highest BCUT2D eigenvalue weighted by molar-refractivity contribution is 6.34. The summed E-state index contributed by atoms with van der Waals surface area (Å²) in [5.41, 5.74) is 1.74. The molecule has 1 aliphatic rings. The number of rotatable bonds is 2. The number of Topliss-reactive ketones (excluding diaryl/α,β-unsaturated/α-hetero) is 1. The summed E-state index contributed by atoms with van der Waals surface area (Å²) in [5.74, 6) is 0.735. The molecular weight excluding hydrogens is 246 g/mol. The minimum atomic E-state index is 0.0200. The minimum absolute atomic E-state index is 0.0200. The number of piperidine rings is 1. The predicted octanol–water partition coefficient (Wildman–Crippen LogP) is 4.17. The highest BCUT2D eigenvalue weighted by Crippen LogP contribution is 2.30. The number of hydrogen-bond acceptors (Lipinski definition) is 2. The molecular formula is C15H20ClNO. The molecule has 98 valence electrons. The summed E-state index contributed by atoms with van der Waals surface area (Å²) in [6, 6.07) is 6.32. The summed E-state index contributed by atoms with van der Waals surface area (Å²) in [6.45, 7) is 7.15. The van der Waals surface area contributed by atoms with Gasteiger partial charge in [0, 0.05) is 23.8 Å². The first-order chi connectivity index (χ1) is 8.49. The van der Waals surface area contributed by atoms with Crippen molar-refractivity contribution in [2.45, 2.75) is 39.7 Å². The van der Waals surface area contributed by atoms with Crippen molar-refractivity contribution in [1.29, 1.82) is 0 Å². The second kappa shape index (κ2) is 5.31. The van der Waals surface area contributed by atoms with Gasteiger partial charge in [0.15, 0.2) is 5.78 Å². The third kappa shape index (κ3) is 2.69. The third-order valence-corrected chi connectivity index (χ3v) is 4.09. The first-order valence-corrected chi connectivity index (χ1v) is 6.94. The molecule has 0 N–H and O–H groups in total. The Bertz CT molecular complexity index is 458. The Morgan fingerprint density at radius 2 is 2.06 bits per heavy atom. The van der Waals surface area contributed by atoms with E-state index in [1.807, 2.05) is 18.2 Å². The number of hydrogen-bond donors (Lipinski definition) is 0. The van der Waals surface area contributed by atoms with Gasteiger partial charge >= 0.3 is 0 Å². The second-order valence-corrected chi connectivity index (χ2v) is 5.81. The lowest BCUT2D eigenvalue weighted by atomic mass is 9.94. The Hall–Kier alpha value is -1.02. The van der Waals surface area contributed by atoms with Gasteiger partial charge in [-0.25, -0.2) is 0 Å². The van der Waals surface area contributed by atoms with Crippen molar-refractivity contribution in [3.63, 3.8) is 0 Å². The molecule has 0 amide bonds. The third-order valence-electron chi connectivity index (χ3n) is 3.78. The summed E-state index contributed by atoms with van der Waals surface area (Å²) < 4.78 is 0. The zero-order chi connectivity index (χ0) is 13.3. The van der Waals surface area contributed by atoms with E-state index >= 15 is 0 Å². The fraction of sp³-hybridized carbons (Fsp3) is 0.533. The largest absolute Gasteiger partial charge is 0.369 e. The smallest absolute Gasteiger partial charge is 0.161 e. The van der Waals surface area contributed by atoms with Crippen molar-refractivity contribution in [3.8, 4) is 0 Å². The highest BCUT2D eigenvalue weighted by atomic mass is 35.5. The topological polar surface area (TPSA) is 20.3 Å². The van der Waals surface area contributed by atoms with Crippen molar-refractivity contribution in [2.24, 2.45) is 5.92 Å². The molecule has 2 atom stereocenters. The normalized spacial score (nSPS) is 24.1. The van der Waals surface area contributed by atoms with E-state index < -0.39 is 0 Å². The Morgan fingerprint density at radius 3 is 2.67 bits per heavy atom. The summed E-state index contributed by atoms with van der Waals surface area (Å²) in [7, 11) is 0. The average molecular weight is 266 g/mol. The molecule has 0 aromatic heterocycles. The van der Waals surface area contributed by atoms with Gasteiger partial charge < -0.3 is 4.90 Å². The van der Waals surface area contributed by atoms with Crippen LogP contribution in [0.4, 0.5) is 5.69 Å². The molecule has 0 bridgehead atoms. The number of carbonyl (C=O) groups is 1. The first kappa shape index (κ1) is 13.4. The van der Waals surface area contributed by atoms with Crippen LogP contribution in [0, 0.1) is 5.92 Å². The van der Waals surface area contributed by atoms with E-state index in [1.165, 1.54) is 12.8 Å². The molecule has 0 radical (unpaired) electrons. The van der Waals surface area contributed by atoms with Crippen LogP contribution in [0.5, 0.6) is 0 Å². The van der Waals surface area contributed by atoms with Crippen LogP contribution in [0.25, 0.3) is 0 Å². The molecule has 1 fully saturated rings. The monoisotopic (exact) mass is 265 g/mol. The van der Waals surface area contributed by atoms with Gasteiger partial charge in [0.05, 0.1) is 5.02 Å². The second-order valence-electron chi connectivity index (χ2n) is 5.40. The standard InChI is InChI=1S/C15H20ClNO/c1-10-4-5-11(2)17(9-10)13-6-7-14(12(3)18)15(16)8-13/h6-8,10-11H,4-5,9H2,1-3H3. The molecule has 2 nitrogen and oxygen atoms in total. The average Bonchev–Trinajstić information content (AvgIpc) is 2.31. The van der Waals surface area contributed by atoms with Crippen LogP contribution in [0.3, 0.4) is 0 Å².